The Bertz CT molecular complexity index is 3500. The summed E-state index contributed by atoms with van der Waals surface area (Å²) in [4.78, 5) is 73.3. The maximum Gasteiger partial charge on any atom is 0.405 e. The van der Waals surface area contributed by atoms with E-state index in [4.69, 9.17) is 31.4 Å². The van der Waals surface area contributed by atoms with Gasteiger partial charge in [-0.15, -0.1) is 0 Å². The quantitative estimate of drug-likeness (QED) is 0.0699. The number of nitrogens with one attached hydrogen (secondary N) is 3. The van der Waals surface area contributed by atoms with E-state index in [0.29, 0.717) is 115 Å². The van der Waals surface area contributed by atoms with Gasteiger partial charge in [0.15, 0.2) is 11.6 Å². The summed E-state index contributed by atoms with van der Waals surface area (Å²) in [6.07, 6.45) is 7.58. The zero-order valence-corrected chi connectivity index (χ0v) is 68.7. The van der Waals surface area contributed by atoms with Crippen molar-refractivity contribution in [3.05, 3.63) is 140 Å². The number of phenolic OH excluding ortho intramolecular Hbond substituents is 3. The molecule has 21 N–H and O–H groups in total. The van der Waals surface area contributed by atoms with Crippen molar-refractivity contribution in [2.45, 2.75) is 211 Å². The van der Waals surface area contributed by atoms with Crippen LogP contribution in [-0.2, 0) is 47.9 Å². The van der Waals surface area contributed by atoms with Gasteiger partial charge in [0.2, 0.25) is 0 Å². The van der Waals surface area contributed by atoms with Crippen molar-refractivity contribution < 1.29 is 109 Å². The molecule has 6 bridgehead atoms. The van der Waals surface area contributed by atoms with Crippen molar-refractivity contribution in [2.75, 3.05) is 55.6 Å². The van der Waals surface area contributed by atoms with Crippen LogP contribution in [0.4, 0.5) is 35.8 Å². The molecule has 0 saturated heterocycles. The number of nitrogens with two attached hydrogens (primary N) is 3. The normalized spacial score (nSPS) is 30.9. The fourth-order valence-corrected chi connectivity index (χ4v) is 15.6. The Hall–Kier alpha value is -8.71. The van der Waals surface area contributed by atoms with E-state index in [-0.39, 0.29) is 110 Å². The van der Waals surface area contributed by atoms with Crippen molar-refractivity contribution in [1.82, 2.24) is 0 Å². The number of primary amides is 3. The molecule has 28 heteroatoms. The van der Waals surface area contributed by atoms with Gasteiger partial charge >= 0.3 is 18.3 Å². The van der Waals surface area contributed by atoms with Crippen LogP contribution in [0, 0.1) is 90.7 Å². The second kappa shape index (κ2) is 47.4. The lowest BCUT2D eigenvalue weighted by molar-refractivity contribution is -0.113. The fraction of sp³-hybridized carbons (Fsp3) is 0.581. The molecule has 114 heavy (non-hydrogen) atoms. The molecule has 6 amide bonds. The molecule has 0 spiro atoms. The van der Waals surface area contributed by atoms with Crippen LogP contribution in [0.2, 0.25) is 0 Å². The molecule has 27 nitrogen and oxygen atoms in total. The van der Waals surface area contributed by atoms with Gasteiger partial charge in [0.05, 0.1) is 18.3 Å². The first-order valence-corrected chi connectivity index (χ1v) is 39.4. The third kappa shape index (κ3) is 30.2. The van der Waals surface area contributed by atoms with Crippen LogP contribution in [0.5, 0.6) is 17.2 Å². The van der Waals surface area contributed by atoms with Crippen molar-refractivity contribution in [2.24, 2.45) is 88.2 Å². The molecule has 18 atom stereocenters. The molecule has 3 aromatic rings. The molecule has 0 aromatic heterocycles. The van der Waals surface area contributed by atoms with Gasteiger partial charge in [0, 0.05) is 145 Å². The fourth-order valence-electron chi connectivity index (χ4n) is 15.6. The number of allylic oxidation sites excluding steroid dienone is 3. The average molecular weight is 1600 g/mol. The molecule has 3 aliphatic heterocycles. The van der Waals surface area contributed by atoms with Crippen LogP contribution >= 0.6 is 0 Å². The van der Waals surface area contributed by atoms with E-state index in [2.05, 4.69) is 16.0 Å². The number of fused-ring (bicyclic) bond motifs is 6. The Kier molecular flexibility index (Phi) is 40.6. The lowest BCUT2D eigenvalue weighted by atomic mass is 9.82. The van der Waals surface area contributed by atoms with E-state index in [1.54, 1.807) is 84.9 Å². The zero-order chi connectivity index (χ0) is 85.7. The number of hydrogen-bond donors (Lipinski definition) is 18. The van der Waals surface area contributed by atoms with E-state index >= 15 is 0 Å². The molecular formula is C86H129FN6O21. The number of rotatable bonds is 9. The summed E-state index contributed by atoms with van der Waals surface area (Å²) >= 11 is 0. The highest BCUT2D eigenvalue weighted by molar-refractivity contribution is 6.04. The standard InChI is InChI=1S/2C29H44N2O7.C28H41FN2O7/c2*1-16-9-22-12-24(13-25(34)20(22)5)31-28(36)17(2)7-6-8-21(14-32)27(38-29(30)37)19(4)11-18(3)26(35)23(10-16)15-33;1-15-8-20-11-22(12-23(34)24(20)29)31-27(36)16(2)6-5-7-19(13-32)26(38-28(30)37)18(4)10-17(3)25(35)21(9-15)14-33/h2*7,11-13,16,18,21,23,26-27,32-35H,6,8-10,14-15H2,1-5H3,(H2,30,37)(H,31,36);6,10-12,15,17,19,21,25-26,32-35H,5,7-9,13-14H2,1-4H3,(H2,30,37)(H,31,36)/b2*17-7+,19-11+;16-6+,18-10+/t2*16-,18+,21-,23-,26-,27+;15-,17+,19-,21-,25-,26+/m111/s1. The van der Waals surface area contributed by atoms with Gasteiger partial charge in [0.25, 0.3) is 17.7 Å². The molecule has 0 radical (unpaired) electrons. The maximum absolute atomic E-state index is 14.7. The molecule has 0 saturated carbocycles. The second-order valence-electron chi connectivity index (χ2n) is 31.9. The molecular weight excluding hydrogens is 1470 g/mol. The number of carbonyl (C=O) groups excluding carboxylic acids is 6. The Balaban J connectivity index is 0.000000360. The Morgan fingerprint density at radius 1 is 0.404 bits per heavy atom. The third-order valence-corrected chi connectivity index (χ3v) is 22.1. The summed E-state index contributed by atoms with van der Waals surface area (Å²) in [5.41, 5.74) is 23.7. The number of amides is 6. The number of carbonyl (C=O) groups is 6. The first-order chi connectivity index (χ1) is 53.6. The molecule has 0 fully saturated rings. The summed E-state index contributed by atoms with van der Waals surface area (Å²) in [5.74, 6) is -6.43. The monoisotopic (exact) mass is 1600 g/mol. The average Bonchev–Trinajstić information content (AvgIpc) is 0.972. The summed E-state index contributed by atoms with van der Waals surface area (Å²) in [7, 11) is 0. The number of anilines is 3. The minimum Gasteiger partial charge on any atom is -0.508 e. The molecule has 0 unspecified atom stereocenters. The lowest BCUT2D eigenvalue weighted by Gasteiger charge is -2.30. The zero-order valence-electron chi connectivity index (χ0n) is 68.7. The van der Waals surface area contributed by atoms with Gasteiger partial charge in [-0.25, -0.2) is 18.8 Å². The van der Waals surface area contributed by atoms with E-state index in [1.165, 1.54) is 18.2 Å². The van der Waals surface area contributed by atoms with Gasteiger partial charge in [-0.05, 0) is 213 Å². The predicted molar refractivity (Wildman–Crippen MR) is 435 cm³/mol. The lowest BCUT2D eigenvalue weighted by Crippen LogP contribution is -2.34. The van der Waals surface area contributed by atoms with E-state index in [0.717, 1.165) is 28.3 Å². The van der Waals surface area contributed by atoms with E-state index < -0.39 is 114 Å². The molecule has 6 rings (SSSR count). The summed E-state index contributed by atoms with van der Waals surface area (Å²) < 4.78 is 30.8. The number of phenols is 3. The number of aliphatic hydroxyl groups is 9. The smallest absolute Gasteiger partial charge is 0.405 e. The number of aliphatic hydroxyl groups excluding tert-OH is 9. The molecule has 636 valence electrons. The highest BCUT2D eigenvalue weighted by atomic mass is 19.1. The third-order valence-electron chi connectivity index (χ3n) is 22.1. The molecule has 3 heterocycles. The van der Waals surface area contributed by atoms with Crippen LogP contribution in [0.3, 0.4) is 0 Å². The molecule has 0 aliphatic carbocycles. The van der Waals surface area contributed by atoms with Crippen molar-refractivity contribution >= 4 is 53.1 Å². The number of ether oxygens (including phenoxy) is 3. The number of halogens is 1. The van der Waals surface area contributed by atoms with E-state index in [1.807, 2.05) is 60.6 Å². The first-order valence-electron chi connectivity index (χ1n) is 39.4. The second-order valence-corrected chi connectivity index (χ2v) is 31.9. The Morgan fingerprint density at radius 2 is 0.649 bits per heavy atom. The van der Waals surface area contributed by atoms with Crippen LogP contribution in [0.25, 0.3) is 0 Å². The summed E-state index contributed by atoms with van der Waals surface area (Å²) in [6.45, 7) is 23.6. The summed E-state index contributed by atoms with van der Waals surface area (Å²) in [5, 5.41) is 133. The van der Waals surface area contributed by atoms with E-state index in [9.17, 15) is 94.4 Å². The van der Waals surface area contributed by atoms with Gasteiger partial charge in [-0.2, -0.15) is 0 Å². The highest BCUT2D eigenvalue weighted by Gasteiger charge is 2.35. The topological polar surface area (TPSA) is 487 Å². The largest absolute Gasteiger partial charge is 0.508 e. The predicted octanol–water partition coefficient (Wildman–Crippen LogP) is 10.5. The van der Waals surface area contributed by atoms with Crippen molar-refractivity contribution in [3.63, 3.8) is 0 Å². The number of aromatic hydroxyl groups is 3. The number of benzene rings is 3. The van der Waals surface area contributed by atoms with Gasteiger partial charge in [-0.1, -0.05) is 78.0 Å². The van der Waals surface area contributed by atoms with Gasteiger partial charge < -0.3 is 109 Å². The van der Waals surface area contributed by atoms with Crippen LogP contribution < -0.4 is 33.2 Å². The van der Waals surface area contributed by atoms with Crippen molar-refractivity contribution in [1.29, 1.82) is 0 Å². The van der Waals surface area contributed by atoms with Crippen LogP contribution in [0.1, 0.15) is 169 Å². The van der Waals surface area contributed by atoms with Gasteiger partial charge in [0.1, 0.15) is 29.8 Å². The molecule has 3 aromatic carbocycles. The minimum absolute atomic E-state index is 0.0524. The summed E-state index contributed by atoms with van der Waals surface area (Å²) in [6, 6.07) is 9.33. The minimum atomic E-state index is -1.00. The number of hydrogen-bond acceptors (Lipinski definition) is 21. The van der Waals surface area contributed by atoms with Crippen LogP contribution in [-0.4, -0.2) is 174 Å². The SMILES string of the molecule is C/C1=C\CC[C@H](CO)[C@@H](OC(N)=O)/C(C)=C/[C@H](C)[C@@H](O)[C@@H](CO)C[C@H](C)Cc2cc(cc(O)c2C)NC1=O.C/C1=C\CC[C@H](CO)[C@@H](OC(N)=O)/C(C)=C/[C@H](C)[C@@H](O)[C@@H](CO)C[C@H](C)Cc2cc(cc(O)c2C)NC1=O.C/C1=C\CC[C@H](CO)[C@@H](OC(N)=O)/C(C)=C/[C@H](C)[C@@H](O)[C@@H](CO)C[C@H](C)Cc2cc(cc(O)c2F)NC1=O. The highest BCUT2D eigenvalue weighted by Crippen LogP contribution is 2.37. The van der Waals surface area contributed by atoms with Crippen molar-refractivity contribution in [3.8, 4) is 17.2 Å². The Morgan fingerprint density at radius 3 is 0.904 bits per heavy atom. The Labute approximate surface area is 670 Å². The van der Waals surface area contributed by atoms with Crippen LogP contribution in [0.15, 0.2) is 106 Å². The molecule has 3 aliphatic rings. The first kappa shape index (κ1) is 97.7. The van der Waals surface area contributed by atoms with Gasteiger partial charge in [-0.3, -0.25) is 14.4 Å². The maximum atomic E-state index is 14.7.